The van der Waals surface area contributed by atoms with Crippen molar-refractivity contribution in [3.63, 3.8) is 0 Å². The highest BCUT2D eigenvalue weighted by atomic mass is 127. The van der Waals surface area contributed by atoms with Crippen molar-refractivity contribution < 1.29 is 4.74 Å². The van der Waals surface area contributed by atoms with Crippen LogP contribution in [0.5, 0.6) is 0 Å². The number of nitrogens with two attached hydrogens (primary N) is 1. The lowest BCUT2D eigenvalue weighted by molar-refractivity contribution is 0.131. The van der Waals surface area contributed by atoms with Gasteiger partial charge < -0.3 is 15.4 Å². The average molecular weight is 400 g/mol. The Morgan fingerprint density at radius 1 is 1.38 bits per heavy atom. The summed E-state index contributed by atoms with van der Waals surface area (Å²) >= 11 is 2.23. The fourth-order valence-corrected chi connectivity index (χ4v) is 3.86. The maximum absolute atomic E-state index is 6.24. The minimum absolute atomic E-state index is 0.159. The highest BCUT2D eigenvalue weighted by molar-refractivity contribution is 14.1. The number of fused-ring (bicyclic) bond motifs is 1. The molecule has 2 aliphatic heterocycles. The molecule has 2 aliphatic rings. The molecule has 2 N–H and O–H groups in total. The van der Waals surface area contributed by atoms with Gasteiger partial charge in [-0.2, -0.15) is 0 Å². The maximum atomic E-state index is 6.24. The molecule has 0 aromatic carbocycles. The second-order valence-corrected chi connectivity index (χ2v) is 7.06. The fourth-order valence-electron chi connectivity index (χ4n) is 3.35. The van der Waals surface area contributed by atoms with Gasteiger partial charge in [-0.05, 0) is 35.4 Å². The smallest absolute Gasteiger partial charge is 0.212 e. The van der Waals surface area contributed by atoms with Crippen molar-refractivity contribution in [2.24, 2.45) is 11.1 Å². The summed E-state index contributed by atoms with van der Waals surface area (Å²) in [4.78, 5) is 6.87. The van der Waals surface area contributed by atoms with Crippen molar-refractivity contribution in [2.45, 2.75) is 18.9 Å². The molecule has 4 heterocycles. The van der Waals surface area contributed by atoms with Crippen molar-refractivity contribution in [3.8, 4) is 0 Å². The van der Waals surface area contributed by atoms with Crippen LogP contribution in [0.1, 0.15) is 12.8 Å². The van der Waals surface area contributed by atoms with Crippen molar-refractivity contribution in [3.05, 3.63) is 16.1 Å². The Morgan fingerprint density at radius 3 is 2.90 bits per heavy atom. The lowest BCUT2D eigenvalue weighted by Gasteiger charge is -2.41. The third-order valence-electron chi connectivity index (χ3n) is 4.79. The van der Waals surface area contributed by atoms with Crippen molar-refractivity contribution in [1.29, 1.82) is 0 Å². The molecule has 2 saturated heterocycles. The first-order chi connectivity index (χ1) is 10.2. The normalized spacial score (nSPS) is 25.0. The first kappa shape index (κ1) is 13.6. The molecule has 2 aromatic rings. The van der Waals surface area contributed by atoms with E-state index in [0.29, 0.717) is 6.61 Å². The lowest BCUT2D eigenvalue weighted by Crippen LogP contribution is -2.49. The van der Waals surface area contributed by atoms with Gasteiger partial charge in [0.2, 0.25) is 5.95 Å². The van der Waals surface area contributed by atoms with Crippen LogP contribution in [0.3, 0.4) is 0 Å². The Hall–Kier alpha value is -1.00. The van der Waals surface area contributed by atoms with Crippen LogP contribution in [0.15, 0.2) is 12.5 Å². The van der Waals surface area contributed by atoms with Gasteiger partial charge >= 0.3 is 0 Å². The monoisotopic (exact) mass is 400 g/mol. The summed E-state index contributed by atoms with van der Waals surface area (Å²) in [6, 6.07) is 0.166. The van der Waals surface area contributed by atoms with Gasteiger partial charge in [-0.15, -0.1) is 10.2 Å². The molecule has 112 valence electrons. The third-order valence-corrected chi connectivity index (χ3v) is 5.55. The summed E-state index contributed by atoms with van der Waals surface area (Å²) in [5.74, 6) is 0.915. The molecule has 2 fully saturated rings. The second-order valence-electron chi connectivity index (χ2n) is 5.90. The van der Waals surface area contributed by atoms with Gasteiger partial charge in [0.1, 0.15) is 6.33 Å². The van der Waals surface area contributed by atoms with E-state index >= 15 is 0 Å². The van der Waals surface area contributed by atoms with E-state index in [0.717, 1.165) is 47.7 Å². The Kier molecular flexibility index (Phi) is 3.27. The predicted octanol–water partition coefficient (Wildman–Crippen LogP) is 0.673. The first-order valence-corrected chi connectivity index (χ1v) is 8.20. The standard InChI is InChI=1S/C13H17IN6O/c14-9-5-16-12(20-8-17-18-11(9)20)19-3-1-13(2-4-19)7-21-6-10(13)15/h5,8,10H,1-4,6-7,15H2/t10-/m1/s1. The molecule has 8 heteroatoms. The van der Waals surface area contributed by atoms with E-state index in [2.05, 4.69) is 42.7 Å². The predicted molar refractivity (Wildman–Crippen MR) is 86.2 cm³/mol. The number of nitrogens with zero attached hydrogens (tertiary/aromatic N) is 5. The molecule has 21 heavy (non-hydrogen) atoms. The Balaban J connectivity index is 1.61. The third kappa shape index (κ3) is 2.11. The molecule has 7 nitrogen and oxygen atoms in total. The molecular weight excluding hydrogens is 383 g/mol. The summed E-state index contributed by atoms with van der Waals surface area (Å²) in [5.41, 5.74) is 7.26. The van der Waals surface area contributed by atoms with Gasteiger partial charge in [0.05, 0.1) is 16.8 Å². The zero-order chi connectivity index (χ0) is 14.4. The number of piperidine rings is 1. The molecular formula is C13H17IN6O. The Labute approximate surface area is 136 Å². The molecule has 0 saturated carbocycles. The number of ether oxygens (including phenoxy) is 1. The SMILES string of the molecule is N[C@@H]1COCC12CCN(c1ncc(I)c3nncn13)CC2. The molecule has 0 unspecified atom stereocenters. The van der Waals surface area contributed by atoms with Gasteiger partial charge in [-0.25, -0.2) is 4.98 Å². The summed E-state index contributed by atoms with van der Waals surface area (Å²) in [6.45, 7) is 3.37. The van der Waals surface area contributed by atoms with Gasteiger partial charge in [0.25, 0.3) is 0 Å². The average Bonchev–Trinajstić information content (AvgIpc) is 3.10. The maximum Gasteiger partial charge on any atom is 0.212 e. The number of halogens is 1. The Morgan fingerprint density at radius 2 is 2.19 bits per heavy atom. The summed E-state index contributed by atoms with van der Waals surface area (Å²) in [6.07, 6.45) is 5.68. The minimum atomic E-state index is 0.159. The van der Waals surface area contributed by atoms with Gasteiger partial charge in [-0.3, -0.25) is 4.40 Å². The van der Waals surface area contributed by atoms with E-state index in [-0.39, 0.29) is 11.5 Å². The van der Waals surface area contributed by atoms with Crippen LogP contribution in [0.25, 0.3) is 5.65 Å². The van der Waals surface area contributed by atoms with Gasteiger partial charge in [0, 0.05) is 30.7 Å². The Bertz CT molecular complexity index is 666. The topological polar surface area (TPSA) is 81.6 Å². The highest BCUT2D eigenvalue weighted by Crippen LogP contribution is 2.39. The zero-order valence-corrected chi connectivity index (χ0v) is 13.7. The molecule has 0 radical (unpaired) electrons. The number of aromatic nitrogens is 4. The van der Waals surface area contributed by atoms with Crippen molar-refractivity contribution >= 4 is 34.2 Å². The van der Waals surface area contributed by atoms with E-state index in [1.165, 1.54) is 0 Å². The molecule has 1 atom stereocenters. The highest BCUT2D eigenvalue weighted by Gasteiger charge is 2.44. The summed E-state index contributed by atoms with van der Waals surface area (Å²) in [5, 5.41) is 8.16. The van der Waals surface area contributed by atoms with Gasteiger partial charge in [-0.1, -0.05) is 0 Å². The van der Waals surface area contributed by atoms with E-state index in [9.17, 15) is 0 Å². The van der Waals surface area contributed by atoms with E-state index < -0.39 is 0 Å². The molecule has 0 amide bonds. The summed E-state index contributed by atoms with van der Waals surface area (Å²) in [7, 11) is 0. The quantitative estimate of drug-likeness (QED) is 0.709. The largest absolute Gasteiger partial charge is 0.379 e. The van der Waals surface area contributed by atoms with Crippen LogP contribution in [0, 0.1) is 8.99 Å². The number of hydrogen-bond donors (Lipinski definition) is 1. The van der Waals surface area contributed by atoms with Crippen molar-refractivity contribution in [2.75, 3.05) is 31.2 Å². The van der Waals surface area contributed by atoms with Crippen LogP contribution < -0.4 is 10.6 Å². The molecule has 0 bridgehead atoms. The van der Waals surface area contributed by atoms with Crippen LogP contribution in [-0.4, -0.2) is 51.9 Å². The number of anilines is 1. The first-order valence-electron chi connectivity index (χ1n) is 7.12. The van der Waals surface area contributed by atoms with Crippen LogP contribution in [0.2, 0.25) is 0 Å². The van der Waals surface area contributed by atoms with E-state index in [4.69, 9.17) is 10.5 Å². The van der Waals surface area contributed by atoms with Crippen molar-refractivity contribution in [1.82, 2.24) is 19.6 Å². The molecule has 2 aromatic heterocycles. The lowest BCUT2D eigenvalue weighted by atomic mass is 9.75. The molecule has 1 spiro atoms. The minimum Gasteiger partial charge on any atom is -0.379 e. The number of rotatable bonds is 1. The van der Waals surface area contributed by atoms with E-state index in [1.54, 1.807) is 6.33 Å². The zero-order valence-electron chi connectivity index (χ0n) is 11.6. The second kappa shape index (κ2) is 5.03. The van der Waals surface area contributed by atoms with Crippen LogP contribution in [-0.2, 0) is 4.74 Å². The number of hydrogen-bond acceptors (Lipinski definition) is 6. The summed E-state index contributed by atoms with van der Waals surface area (Å²) < 4.78 is 8.55. The fraction of sp³-hybridized carbons (Fsp3) is 0.615. The molecule has 4 rings (SSSR count). The van der Waals surface area contributed by atoms with Crippen LogP contribution >= 0.6 is 22.6 Å². The molecule has 0 aliphatic carbocycles. The van der Waals surface area contributed by atoms with Gasteiger partial charge in [0.15, 0.2) is 5.65 Å². The van der Waals surface area contributed by atoms with Crippen LogP contribution in [0.4, 0.5) is 5.95 Å². The van der Waals surface area contributed by atoms with E-state index in [1.807, 2.05) is 10.6 Å².